The molecule has 0 unspecified atom stereocenters. The Morgan fingerprint density at radius 1 is 1.23 bits per heavy atom. The van der Waals surface area contributed by atoms with E-state index in [-0.39, 0.29) is 48.3 Å². The molecule has 0 amide bonds. The fourth-order valence-electron chi connectivity index (χ4n) is 4.39. The molecule has 0 aromatic rings. The van der Waals surface area contributed by atoms with Gasteiger partial charge in [0, 0.05) is 25.3 Å². The first-order valence-electron chi connectivity index (χ1n) is 11.5. The summed E-state index contributed by atoms with van der Waals surface area (Å²) < 4.78 is 17.7. The molecule has 0 aromatic heterocycles. The van der Waals surface area contributed by atoms with E-state index in [4.69, 9.17) is 14.2 Å². The molecule has 2 aliphatic heterocycles. The van der Waals surface area contributed by atoms with Gasteiger partial charge in [0.05, 0.1) is 18.1 Å². The normalized spacial score (nSPS) is 36.0. The number of carbonyl (C=O) groups is 3. The van der Waals surface area contributed by atoms with Crippen molar-refractivity contribution in [2.75, 3.05) is 0 Å². The van der Waals surface area contributed by atoms with E-state index < -0.39 is 12.1 Å². The van der Waals surface area contributed by atoms with Crippen molar-refractivity contribution in [1.82, 2.24) is 0 Å². The predicted octanol–water partition coefficient (Wildman–Crippen LogP) is 4.85. The number of Topliss-reactive ketones (excluding diaryl/α,β-unsaturated/α-hetero) is 1. The van der Waals surface area contributed by atoms with Gasteiger partial charge in [-0.2, -0.15) is 0 Å². The summed E-state index contributed by atoms with van der Waals surface area (Å²) in [5.74, 6) is -0.960. The van der Waals surface area contributed by atoms with Crippen molar-refractivity contribution in [2.24, 2.45) is 5.92 Å². The highest BCUT2D eigenvalue weighted by Crippen LogP contribution is 2.38. The Hall–Kier alpha value is -1.95. The Balaban J connectivity index is 2.20. The molecule has 0 spiro atoms. The number of esters is 2. The molecule has 0 N–H and O–H groups in total. The van der Waals surface area contributed by atoms with Crippen LogP contribution in [0.5, 0.6) is 0 Å². The van der Waals surface area contributed by atoms with Gasteiger partial charge in [0.25, 0.3) is 0 Å². The number of ketones is 1. The molecule has 1 fully saturated rings. The molecular formula is C25H38O6. The van der Waals surface area contributed by atoms with E-state index >= 15 is 0 Å². The highest BCUT2D eigenvalue weighted by atomic mass is 16.6. The first kappa shape index (κ1) is 25.3. The van der Waals surface area contributed by atoms with Gasteiger partial charge >= 0.3 is 11.9 Å². The minimum atomic E-state index is -0.461. The maximum Gasteiger partial charge on any atom is 0.330 e. The maximum atomic E-state index is 12.4. The molecule has 0 saturated carbocycles. The van der Waals surface area contributed by atoms with Gasteiger partial charge in [-0.15, -0.1) is 0 Å². The lowest BCUT2D eigenvalue weighted by Crippen LogP contribution is -2.27. The van der Waals surface area contributed by atoms with Crippen LogP contribution >= 0.6 is 0 Å². The molecule has 0 radical (unpaired) electrons. The molecule has 0 aromatic carbocycles. The fourth-order valence-corrected chi connectivity index (χ4v) is 4.39. The Labute approximate surface area is 186 Å². The first-order chi connectivity index (χ1) is 14.6. The zero-order valence-corrected chi connectivity index (χ0v) is 19.6. The second-order valence-corrected chi connectivity index (χ2v) is 9.42. The van der Waals surface area contributed by atoms with Gasteiger partial charge in [0.2, 0.25) is 0 Å². The van der Waals surface area contributed by atoms with Crippen molar-refractivity contribution in [3.63, 3.8) is 0 Å². The largest absolute Gasteiger partial charge is 0.462 e. The van der Waals surface area contributed by atoms with Gasteiger partial charge in [0.15, 0.2) is 0 Å². The van der Waals surface area contributed by atoms with Crippen molar-refractivity contribution in [1.29, 1.82) is 0 Å². The van der Waals surface area contributed by atoms with Crippen LogP contribution < -0.4 is 0 Å². The second kappa shape index (κ2) is 11.6. The van der Waals surface area contributed by atoms with Crippen LogP contribution in [0.25, 0.3) is 0 Å². The Morgan fingerprint density at radius 3 is 2.65 bits per heavy atom. The van der Waals surface area contributed by atoms with E-state index in [1.54, 1.807) is 6.08 Å². The molecule has 2 heterocycles. The zero-order valence-electron chi connectivity index (χ0n) is 19.6. The van der Waals surface area contributed by atoms with Gasteiger partial charge < -0.3 is 14.2 Å². The predicted molar refractivity (Wildman–Crippen MR) is 118 cm³/mol. The van der Waals surface area contributed by atoms with Gasteiger partial charge in [-0.1, -0.05) is 38.0 Å². The Kier molecular flexibility index (Phi) is 9.48. The maximum absolute atomic E-state index is 12.4. The molecule has 2 aliphatic rings. The third-order valence-corrected chi connectivity index (χ3v) is 5.95. The molecule has 174 valence electrons. The average Bonchev–Trinajstić information content (AvgIpc) is 2.97. The second-order valence-electron chi connectivity index (χ2n) is 9.42. The highest BCUT2D eigenvalue weighted by molar-refractivity contribution is 5.82. The molecule has 0 aliphatic carbocycles. The van der Waals surface area contributed by atoms with E-state index in [1.807, 2.05) is 19.9 Å². The third kappa shape index (κ3) is 8.60. The fraction of sp³-hybridized carbons (Fsp3) is 0.720. The summed E-state index contributed by atoms with van der Waals surface area (Å²) in [5, 5.41) is 0. The van der Waals surface area contributed by atoms with Crippen LogP contribution in [0.1, 0.15) is 86.0 Å². The zero-order chi connectivity index (χ0) is 23.0. The lowest BCUT2D eigenvalue weighted by molar-refractivity contribution is -0.151. The summed E-state index contributed by atoms with van der Waals surface area (Å²) in [6.45, 7) is 9.60. The molecule has 5 atom stereocenters. The smallest absolute Gasteiger partial charge is 0.330 e. The number of allylic oxidation sites excluding steroid dienone is 2. The van der Waals surface area contributed by atoms with E-state index in [0.717, 1.165) is 31.3 Å². The minimum absolute atomic E-state index is 0.00801. The Bertz CT molecular complexity index is 709. The summed E-state index contributed by atoms with van der Waals surface area (Å²) in [5.41, 5.74) is 0.858. The SMILES string of the molecule is CCC[C@]1(C)C[C@H]2OC(=O)/C=C/[C@@H](C)CC(=O)O[C@H](CC(C)=O)C/C=C(\C)CC[C@@H]2O1. The van der Waals surface area contributed by atoms with Crippen LogP contribution in [-0.2, 0) is 28.6 Å². The van der Waals surface area contributed by atoms with Gasteiger partial charge in [-0.25, -0.2) is 4.79 Å². The van der Waals surface area contributed by atoms with Gasteiger partial charge in [-0.3, -0.25) is 9.59 Å². The van der Waals surface area contributed by atoms with Crippen LogP contribution in [-0.4, -0.2) is 41.6 Å². The number of rotatable bonds is 4. The number of fused-ring (bicyclic) bond motifs is 1. The van der Waals surface area contributed by atoms with E-state index in [0.29, 0.717) is 12.8 Å². The summed E-state index contributed by atoms with van der Waals surface area (Å²) >= 11 is 0. The molecule has 0 bridgehead atoms. The number of ether oxygens (including phenoxy) is 3. The minimum Gasteiger partial charge on any atom is -0.462 e. The summed E-state index contributed by atoms with van der Waals surface area (Å²) in [7, 11) is 0. The molecule has 1 saturated heterocycles. The quantitative estimate of drug-likeness (QED) is 0.465. The lowest BCUT2D eigenvalue weighted by atomic mass is 9.94. The summed E-state index contributed by atoms with van der Waals surface area (Å²) in [6.07, 6.45) is 9.24. The molecule has 6 nitrogen and oxygen atoms in total. The van der Waals surface area contributed by atoms with E-state index in [2.05, 4.69) is 13.8 Å². The molecule has 31 heavy (non-hydrogen) atoms. The number of hydrogen-bond acceptors (Lipinski definition) is 6. The monoisotopic (exact) mass is 434 g/mol. The van der Waals surface area contributed by atoms with Crippen LogP contribution in [0.2, 0.25) is 0 Å². The van der Waals surface area contributed by atoms with Crippen LogP contribution in [0.15, 0.2) is 23.8 Å². The molecule has 6 heteroatoms. The summed E-state index contributed by atoms with van der Waals surface area (Å²) in [6, 6.07) is 0. The van der Waals surface area contributed by atoms with Crippen LogP contribution in [0.4, 0.5) is 0 Å². The molecule has 2 rings (SSSR count). The van der Waals surface area contributed by atoms with Crippen molar-refractivity contribution >= 4 is 17.7 Å². The lowest BCUT2D eigenvalue weighted by Gasteiger charge is -2.23. The van der Waals surface area contributed by atoms with Crippen LogP contribution in [0.3, 0.4) is 0 Å². The summed E-state index contributed by atoms with van der Waals surface area (Å²) in [4.78, 5) is 36.3. The van der Waals surface area contributed by atoms with Crippen molar-refractivity contribution in [3.8, 4) is 0 Å². The van der Waals surface area contributed by atoms with Crippen molar-refractivity contribution < 1.29 is 28.6 Å². The first-order valence-corrected chi connectivity index (χ1v) is 11.5. The van der Waals surface area contributed by atoms with E-state index in [1.165, 1.54) is 13.0 Å². The van der Waals surface area contributed by atoms with Crippen molar-refractivity contribution in [2.45, 2.75) is 110 Å². The number of carbonyl (C=O) groups excluding carboxylic acids is 3. The highest BCUT2D eigenvalue weighted by Gasteiger charge is 2.44. The molecular weight excluding hydrogens is 396 g/mol. The number of hydrogen-bond donors (Lipinski definition) is 0. The van der Waals surface area contributed by atoms with E-state index in [9.17, 15) is 14.4 Å². The topological polar surface area (TPSA) is 78.9 Å². The third-order valence-electron chi connectivity index (χ3n) is 5.95. The average molecular weight is 435 g/mol. The van der Waals surface area contributed by atoms with Crippen LogP contribution in [0, 0.1) is 5.92 Å². The van der Waals surface area contributed by atoms with Gasteiger partial charge in [-0.05, 0) is 46.0 Å². The van der Waals surface area contributed by atoms with Crippen molar-refractivity contribution in [3.05, 3.63) is 23.8 Å². The number of cyclic esters (lactones) is 1. The van der Waals surface area contributed by atoms with Gasteiger partial charge in [0.1, 0.15) is 18.0 Å². The Morgan fingerprint density at radius 2 is 1.97 bits per heavy atom. The standard InChI is InChI=1S/C25H38O6/c1-6-13-25(5)16-22-21(31-25)11-8-17(2)7-10-20(15-19(4)26)29-24(28)14-18(3)9-12-23(27)30-22/h7,9,12,18,20-22H,6,8,10-11,13-16H2,1-5H3/b12-9+,17-7+/t18-,20+,21+,22-,25-/m1/s1.